The van der Waals surface area contributed by atoms with Crippen molar-refractivity contribution in [3.63, 3.8) is 0 Å². The Kier molecular flexibility index (Phi) is 5.22. The maximum Gasteiger partial charge on any atom is 0.573 e. The van der Waals surface area contributed by atoms with Crippen molar-refractivity contribution in [2.75, 3.05) is 0 Å². The van der Waals surface area contributed by atoms with Crippen LogP contribution in [0, 0.1) is 0 Å². The predicted octanol–water partition coefficient (Wildman–Crippen LogP) is 3.64. The van der Waals surface area contributed by atoms with E-state index in [0.29, 0.717) is 6.54 Å². The Bertz CT molecular complexity index is 373. The summed E-state index contributed by atoms with van der Waals surface area (Å²) in [6.45, 7) is 6.25. The number of nitrogens with one attached hydrogen (secondary N) is 1. The highest BCUT2D eigenvalue weighted by Gasteiger charge is 2.30. The van der Waals surface area contributed by atoms with Crippen molar-refractivity contribution < 1.29 is 17.9 Å². The summed E-state index contributed by atoms with van der Waals surface area (Å²) in [5, 5.41) is 3.23. The van der Waals surface area contributed by atoms with Crippen molar-refractivity contribution in [2.24, 2.45) is 0 Å². The summed E-state index contributed by atoms with van der Waals surface area (Å²) in [6, 6.07) is 6.11. The Morgan fingerprint density at radius 1 is 1.33 bits per heavy atom. The number of hydrogen-bond acceptors (Lipinski definition) is 2. The highest BCUT2D eigenvalue weighted by Crippen LogP contribution is 2.22. The summed E-state index contributed by atoms with van der Waals surface area (Å²) < 4.78 is 39.6. The highest BCUT2D eigenvalue weighted by molar-refractivity contribution is 5.27. The molecule has 0 fully saturated rings. The molecule has 1 unspecified atom stereocenters. The van der Waals surface area contributed by atoms with Crippen LogP contribution in [0.2, 0.25) is 0 Å². The van der Waals surface area contributed by atoms with Crippen molar-refractivity contribution in [1.29, 1.82) is 0 Å². The van der Waals surface area contributed by atoms with E-state index in [2.05, 4.69) is 16.6 Å². The minimum Gasteiger partial charge on any atom is -0.406 e. The van der Waals surface area contributed by atoms with Crippen molar-refractivity contribution in [3.05, 3.63) is 42.5 Å². The van der Waals surface area contributed by atoms with Crippen LogP contribution < -0.4 is 10.1 Å². The molecule has 0 aliphatic heterocycles. The molecule has 0 aliphatic rings. The minimum absolute atomic E-state index is 0.203. The molecule has 0 aromatic heterocycles. The first-order chi connectivity index (χ1) is 8.40. The van der Waals surface area contributed by atoms with Gasteiger partial charge in [-0.1, -0.05) is 18.2 Å². The van der Waals surface area contributed by atoms with Gasteiger partial charge in [0.25, 0.3) is 0 Å². The number of rotatable bonds is 6. The monoisotopic (exact) mass is 259 g/mol. The highest BCUT2D eigenvalue weighted by atomic mass is 19.4. The summed E-state index contributed by atoms with van der Waals surface area (Å²) in [7, 11) is 0. The van der Waals surface area contributed by atoms with Crippen molar-refractivity contribution in [3.8, 4) is 5.75 Å². The first kappa shape index (κ1) is 14.6. The first-order valence-electron chi connectivity index (χ1n) is 5.59. The maximum absolute atomic E-state index is 11.9. The fraction of sp³-hybridized carbons (Fsp3) is 0.385. The van der Waals surface area contributed by atoms with Gasteiger partial charge >= 0.3 is 6.36 Å². The Balaban J connectivity index is 2.48. The Labute approximate surface area is 104 Å². The van der Waals surface area contributed by atoms with Crippen molar-refractivity contribution in [2.45, 2.75) is 32.3 Å². The van der Waals surface area contributed by atoms with Gasteiger partial charge in [0.05, 0.1) is 0 Å². The quantitative estimate of drug-likeness (QED) is 0.787. The molecule has 0 saturated carbocycles. The Hall–Kier alpha value is -1.49. The van der Waals surface area contributed by atoms with Gasteiger partial charge in [-0.05, 0) is 31.0 Å². The van der Waals surface area contributed by atoms with Crippen LogP contribution in [-0.4, -0.2) is 12.4 Å². The van der Waals surface area contributed by atoms with E-state index >= 15 is 0 Å². The molecule has 0 radical (unpaired) electrons. The first-order valence-corrected chi connectivity index (χ1v) is 5.59. The van der Waals surface area contributed by atoms with Crippen LogP contribution in [0.25, 0.3) is 0 Å². The van der Waals surface area contributed by atoms with Crippen LogP contribution in [0.5, 0.6) is 5.75 Å². The summed E-state index contributed by atoms with van der Waals surface area (Å²) >= 11 is 0. The van der Waals surface area contributed by atoms with E-state index < -0.39 is 6.36 Å². The van der Waals surface area contributed by atoms with Crippen LogP contribution in [0.3, 0.4) is 0 Å². The van der Waals surface area contributed by atoms with Crippen molar-refractivity contribution >= 4 is 0 Å². The van der Waals surface area contributed by atoms with Gasteiger partial charge in [-0.15, -0.1) is 19.8 Å². The molecule has 2 nitrogen and oxygen atoms in total. The molecule has 5 heteroatoms. The largest absolute Gasteiger partial charge is 0.573 e. The number of benzene rings is 1. The minimum atomic E-state index is -4.64. The molecule has 0 bridgehead atoms. The molecule has 1 aromatic carbocycles. The number of halogens is 3. The number of ether oxygens (including phenoxy) is 1. The van der Waals surface area contributed by atoms with Crippen LogP contribution >= 0.6 is 0 Å². The fourth-order valence-corrected chi connectivity index (χ4v) is 1.43. The zero-order valence-electron chi connectivity index (χ0n) is 10.1. The second kappa shape index (κ2) is 6.44. The van der Waals surface area contributed by atoms with E-state index in [-0.39, 0.29) is 11.8 Å². The predicted molar refractivity (Wildman–Crippen MR) is 64.2 cm³/mol. The van der Waals surface area contributed by atoms with Crippen LogP contribution in [0.15, 0.2) is 36.9 Å². The molecule has 0 saturated heterocycles. The van der Waals surface area contributed by atoms with Gasteiger partial charge in [0.2, 0.25) is 0 Å². The third-order valence-electron chi connectivity index (χ3n) is 2.33. The second-order valence-corrected chi connectivity index (χ2v) is 4.00. The third-order valence-corrected chi connectivity index (χ3v) is 2.33. The smallest absolute Gasteiger partial charge is 0.406 e. The van der Waals surface area contributed by atoms with Gasteiger partial charge in [0.1, 0.15) is 5.75 Å². The van der Waals surface area contributed by atoms with Gasteiger partial charge in [-0.2, -0.15) is 0 Å². The maximum atomic E-state index is 11.9. The normalized spacial score (nSPS) is 13.1. The number of alkyl halides is 3. The second-order valence-electron chi connectivity index (χ2n) is 4.00. The zero-order valence-corrected chi connectivity index (χ0v) is 10.1. The lowest BCUT2D eigenvalue weighted by atomic mass is 10.2. The third kappa shape index (κ3) is 5.72. The topological polar surface area (TPSA) is 21.3 Å². The molecule has 0 spiro atoms. The van der Waals surface area contributed by atoms with Gasteiger partial charge in [-0.25, -0.2) is 0 Å². The molecule has 18 heavy (non-hydrogen) atoms. The molecule has 1 rings (SSSR count). The molecular formula is C13H16F3NO. The fourth-order valence-electron chi connectivity index (χ4n) is 1.43. The molecule has 0 aliphatic carbocycles. The lowest BCUT2D eigenvalue weighted by molar-refractivity contribution is -0.274. The molecular weight excluding hydrogens is 243 g/mol. The summed E-state index contributed by atoms with van der Waals surface area (Å²) in [5.41, 5.74) is 0.903. The van der Waals surface area contributed by atoms with E-state index in [9.17, 15) is 13.2 Å². The average Bonchev–Trinajstić information content (AvgIpc) is 2.26. The molecule has 100 valence electrons. The Morgan fingerprint density at radius 2 is 1.94 bits per heavy atom. The molecule has 1 atom stereocenters. The van der Waals surface area contributed by atoms with Gasteiger partial charge < -0.3 is 10.1 Å². The molecule has 0 amide bonds. The summed E-state index contributed by atoms with van der Waals surface area (Å²) in [6.07, 6.45) is -1.98. The van der Waals surface area contributed by atoms with E-state index in [0.717, 1.165) is 12.0 Å². The number of hydrogen-bond donors (Lipinski definition) is 1. The lowest BCUT2D eigenvalue weighted by Crippen LogP contribution is -2.24. The average molecular weight is 259 g/mol. The van der Waals surface area contributed by atoms with Crippen molar-refractivity contribution in [1.82, 2.24) is 5.32 Å². The Morgan fingerprint density at radius 3 is 2.44 bits per heavy atom. The van der Waals surface area contributed by atoms with E-state index in [1.165, 1.54) is 12.1 Å². The van der Waals surface area contributed by atoms with Crippen LogP contribution in [0.1, 0.15) is 18.9 Å². The standard InChI is InChI=1S/C13H16F3NO/c1-3-4-10(2)17-9-11-5-7-12(8-6-11)18-13(14,15)16/h3,5-8,10,17H,1,4,9H2,2H3. The molecule has 0 heterocycles. The zero-order chi connectivity index (χ0) is 13.6. The van der Waals surface area contributed by atoms with Gasteiger partial charge in [-0.3, -0.25) is 0 Å². The van der Waals surface area contributed by atoms with Crippen LogP contribution in [0.4, 0.5) is 13.2 Å². The SMILES string of the molecule is C=CCC(C)NCc1ccc(OC(F)(F)F)cc1. The van der Waals surface area contributed by atoms with Crippen LogP contribution in [-0.2, 0) is 6.54 Å². The lowest BCUT2D eigenvalue weighted by Gasteiger charge is -2.12. The van der Waals surface area contributed by atoms with Gasteiger partial charge in [0, 0.05) is 12.6 Å². The summed E-state index contributed by atoms with van der Waals surface area (Å²) in [4.78, 5) is 0. The van der Waals surface area contributed by atoms with E-state index in [4.69, 9.17) is 0 Å². The summed E-state index contributed by atoms with van der Waals surface area (Å²) in [5.74, 6) is -0.203. The van der Waals surface area contributed by atoms with E-state index in [1.807, 2.05) is 13.0 Å². The van der Waals surface area contributed by atoms with E-state index in [1.54, 1.807) is 12.1 Å². The van der Waals surface area contributed by atoms with Gasteiger partial charge in [0.15, 0.2) is 0 Å². The molecule has 1 N–H and O–H groups in total. The molecule has 1 aromatic rings.